The minimum Gasteiger partial charge on any atom is -0.480 e. The Morgan fingerprint density at radius 3 is 2.26 bits per heavy atom. The van der Waals surface area contributed by atoms with E-state index in [-0.39, 0.29) is 18.9 Å². The maximum Gasteiger partial charge on any atom is 0.328 e. The van der Waals surface area contributed by atoms with Crippen molar-refractivity contribution in [2.75, 3.05) is 19.7 Å². The van der Waals surface area contributed by atoms with Gasteiger partial charge in [-0.15, -0.1) is 0 Å². The number of hydrogen-bond acceptors (Lipinski definition) is 4. The normalized spacial score (nSPS) is 11.8. The van der Waals surface area contributed by atoms with Gasteiger partial charge in [0.2, 0.25) is 5.91 Å². The lowest BCUT2D eigenvalue weighted by atomic mass is 10.2. The second kappa shape index (κ2) is 9.15. The molecule has 0 aliphatic heterocycles. The number of nitrogens with one attached hydrogen (secondary N) is 3. The predicted octanol–water partition coefficient (Wildman–Crippen LogP) is -1.11. The second-order valence-electron chi connectivity index (χ2n) is 4.42. The minimum absolute atomic E-state index is 0.0908. The zero-order valence-electron chi connectivity index (χ0n) is 11.1. The first kappa shape index (κ1) is 17.2. The Hall–Kier alpha value is -1.83. The Morgan fingerprint density at radius 1 is 1.16 bits per heavy atom. The van der Waals surface area contributed by atoms with Gasteiger partial charge in [-0.2, -0.15) is 0 Å². The lowest BCUT2D eigenvalue weighted by molar-refractivity contribution is -0.140. The van der Waals surface area contributed by atoms with Crippen molar-refractivity contribution in [3.05, 3.63) is 0 Å². The van der Waals surface area contributed by atoms with Gasteiger partial charge in [0.25, 0.3) is 0 Å². The zero-order chi connectivity index (χ0) is 14.8. The second-order valence-corrected chi connectivity index (χ2v) is 4.42. The molecule has 0 bridgehead atoms. The fourth-order valence-electron chi connectivity index (χ4n) is 1.09. The van der Waals surface area contributed by atoms with E-state index in [2.05, 4.69) is 16.0 Å². The zero-order valence-corrected chi connectivity index (χ0v) is 11.1. The van der Waals surface area contributed by atoms with Gasteiger partial charge in [0.15, 0.2) is 6.04 Å². The van der Waals surface area contributed by atoms with E-state index in [4.69, 9.17) is 10.2 Å². The number of carboxylic acids is 1. The van der Waals surface area contributed by atoms with Crippen molar-refractivity contribution in [1.82, 2.24) is 16.0 Å². The van der Waals surface area contributed by atoms with Crippen LogP contribution in [-0.4, -0.2) is 53.9 Å². The predicted molar refractivity (Wildman–Crippen MR) is 67.5 cm³/mol. The van der Waals surface area contributed by atoms with Gasteiger partial charge in [0.05, 0.1) is 6.61 Å². The average Bonchev–Trinajstić information content (AvgIpc) is 2.33. The van der Waals surface area contributed by atoms with Gasteiger partial charge in [0.1, 0.15) is 0 Å². The number of hydrogen-bond donors (Lipinski definition) is 5. The Morgan fingerprint density at radius 2 is 1.79 bits per heavy atom. The van der Waals surface area contributed by atoms with Crippen LogP contribution >= 0.6 is 0 Å². The maximum absolute atomic E-state index is 11.3. The molecule has 0 aromatic heterocycles. The third kappa shape index (κ3) is 8.83. The van der Waals surface area contributed by atoms with Crippen LogP contribution < -0.4 is 16.0 Å². The molecule has 0 aliphatic carbocycles. The van der Waals surface area contributed by atoms with E-state index < -0.39 is 24.6 Å². The molecule has 0 rings (SSSR count). The number of aliphatic carboxylic acids is 1. The van der Waals surface area contributed by atoms with E-state index in [0.29, 0.717) is 12.5 Å². The van der Waals surface area contributed by atoms with Crippen molar-refractivity contribution in [2.24, 2.45) is 5.92 Å². The van der Waals surface area contributed by atoms with Crippen LogP contribution in [-0.2, 0) is 9.59 Å². The lowest BCUT2D eigenvalue weighted by Gasteiger charge is -2.12. The summed E-state index contributed by atoms with van der Waals surface area (Å²) >= 11 is 0. The molecule has 0 heterocycles. The van der Waals surface area contributed by atoms with E-state index in [1.807, 2.05) is 13.8 Å². The Kier molecular flexibility index (Phi) is 8.27. The van der Waals surface area contributed by atoms with Gasteiger partial charge in [-0.1, -0.05) is 13.8 Å². The number of carboxylic acid groups (broad SMARTS) is 1. The molecule has 0 fully saturated rings. The highest BCUT2D eigenvalue weighted by Gasteiger charge is 2.18. The van der Waals surface area contributed by atoms with Crippen molar-refractivity contribution in [3.63, 3.8) is 0 Å². The number of amides is 3. The highest BCUT2D eigenvalue weighted by Crippen LogP contribution is 1.88. The first-order chi connectivity index (χ1) is 8.86. The highest BCUT2D eigenvalue weighted by molar-refractivity contribution is 5.83. The van der Waals surface area contributed by atoms with Crippen LogP contribution in [0.5, 0.6) is 0 Å². The number of rotatable bonds is 8. The van der Waals surface area contributed by atoms with Crippen molar-refractivity contribution in [2.45, 2.75) is 26.3 Å². The van der Waals surface area contributed by atoms with E-state index in [1.54, 1.807) is 0 Å². The summed E-state index contributed by atoms with van der Waals surface area (Å²) in [4.78, 5) is 33.1. The van der Waals surface area contributed by atoms with E-state index in [0.717, 1.165) is 0 Å². The Bertz CT molecular complexity index is 319. The Balaban J connectivity index is 3.79. The molecule has 0 aromatic carbocycles. The van der Waals surface area contributed by atoms with Crippen molar-refractivity contribution in [3.8, 4) is 0 Å². The monoisotopic (exact) mass is 275 g/mol. The summed E-state index contributed by atoms with van der Waals surface area (Å²) in [5.41, 5.74) is 0. The van der Waals surface area contributed by atoms with Crippen LogP contribution in [0.1, 0.15) is 20.3 Å². The highest BCUT2D eigenvalue weighted by atomic mass is 16.4. The Labute approximate surface area is 111 Å². The van der Waals surface area contributed by atoms with Crippen LogP contribution in [0.25, 0.3) is 0 Å². The van der Waals surface area contributed by atoms with Crippen molar-refractivity contribution >= 4 is 17.9 Å². The first-order valence-corrected chi connectivity index (χ1v) is 6.01. The molecule has 5 N–H and O–H groups in total. The summed E-state index contributed by atoms with van der Waals surface area (Å²) in [5, 5.41) is 24.4. The third-order valence-electron chi connectivity index (χ3n) is 2.13. The van der Waals surface area contributed by atoms with Gasteiger partial charge >= 0.3 is 12.0 Å². The van der Waals surface area contributed by atoms with Crippen molar-refractivity contribution in [1.29, 1.82) is 0 Å². The van der Waals surface area contributed by atoms with E-state index in [9.17, 15) is 14.4 Å². The molecule has 0 saturated heterocycles. The molecule has 8 nitrogen and oxygen atoms in total. The topological polar surface area (TPSA) is 128 Å². The van der Waals surface area contributed by atoms with Gasteiger partial charge in [-0.3, -0.25) is 4.79 Å². The first-order valence-electron chi connectivity index (χ1n) is 6.01. The molecule has 8 heteroatoms. The molecule has 19 heavy (non-hydrogen) atoms. The van der Waals surface area contributed by atoms with Crippen LogP contribution in [0, 0.1) is 5.92 Å². The molecule has 0 aromatic rings. The largest absolute Gasteiger partial charge is 0.480 e. The summed E-state index contributed by atoms with van der Waals surface area (Å²) in [6.07, 6.45) is 0.108. The number of carbonyl (C=O) groups is 3. The van der Waals surface area contributed by atoms with Crippen LogP contribution in [0.2, 0.25) is 0 Å². The number of urea groups is 1. The van der Waals surface area contributed by atoms with Crippen LogP contribution in [0.3, 0.4) is 0 Å². The molecular weight excluding hydrogens is 254 g/mol. The fourth-order valence-corrected chi connectivity index (χ4v) is 1.09. The summed E-state index contributed by atoms with van der Waals surface area (Å²) < 4.78 is 0. The van der Waals surface area contributed by atoms with Crippen molar-refractivity contribution < 1.29 is 24.6 Å². The number of aliphatic hydroxyl groups is 1. The SMILES string of the molecule is CC(C)CNC(=O)CCNC(=O)NC(CO)C(=O)O. The van der Waals surface area contributed by atoms with Gasteiger partial charge in [-0.05, 0) is 5.92 Å². The summed E-state index contributed by atoms with van der Waals surface area (Å²) in [5.74, 6) is -1.17. The molecule has 3 amide bonds. The molecule has 1 unspecified atom stereocenters. The maximum atomic E-state index is 11.3. The summed E-state index contributed by atoms with van der Waals surface area (Å²) in [6.45, 7) is 3.89. The molecule has 110 valence electrons. The standard InChI is InChI=1S/C11H21N3O5/c1-7(2)5-13-9(16)3-4-12-11(19)14-8(6-15)10(17)18/h7-8,15H,3-6H2,1-2H3,(H,13,16)(H,17,18)(H2,12,14,19). The van der Waals surface area contributed by atoms with Crippen LogP contribution in [0.15, 0.2) is 0 Å². The molecule has 0 spiro atoms. The summed E-state index contributed by atoms with van der Waals surface area (Å²) in [7, 11) is 0. The quantitative estimate of drug-likeness (QED) is 0.384. The molecule has 0 aliphatic rings. The molecular formula is C11H21N3O5. The lowest BCUT2D eigenvalue weighted by Crippen LogP contribution is -2.48. The number of carbonyl (C=O) groups excluding carboxylic acids is 2. The third-order valence-corrected chi connectivity index (χ3v) is 2.13. The molecule has 1 atom stereocenters. The minimum atomic E-state index is -1.35. The molecule has 0 radical (unpaired) electrons. The fraction of sp³-hybridized carbons (Fsp3) is 0.727. The van der Waals surface area contributed by atoms with Crippen LogP contribution in [0.4, 0.5) is 4.79 Å². The van der Waals surface area contributed by atoms with E-state index >= 15 is 0 Å². The summed E-state index contributed by atoms with van der Waals surface area (Å²) in [6, 6.07) is -2.09. The smallest absolute Gasteiger partial charge is 0.328 e. The van der Waals surface area contributed by atoms with E-state index in [1.165, 1.54) is 0 Å². The van der Waals surface area contributed by atoms with Gasteiger partial charge in [-0.25, -0.2) is 9.59 Å². The average molecular weight is 275 g/mol. The van der Waals surface area contributed by atoms with Gasteiger partial charge < -0.3 is 26.2 Å². The number of aliphatic hydroxyl groups excluding tert-OH is 1. The molecule has 0 saturated carbocycles. The van der Waals surface area contributed by atoms with Gasteiger partial charge in [0, 0.05) is 19.5 Å².